The average molecular weight is 625 g/mol. The van der Waals surface area contributed by atoms with Crippen LogP contribution in [-0.4, -0.2) is 82.5 Å². The third kappa shape index (κ3) is 6.97. The van der Waals surface area contributed by atoms with Gasteiger partial charge in [-0.15, -0.1) is 5.10 Å². The number of benzene rings is 1. The van der Waals surface area contributed by atoms with Gasteiger partial charge < -0.3 is 41.8 Å². The molecule has 1 aliphatic rings. The number of ether oxygens (including phenoxy) is 2. The topological polar surface area (TPSA) is 252 Å². The number of carbonyl (C=O) groups is 3. The second kappa shape index (κ2) is 13.7. The van der Waals surface area contributed by atoms with E-state index < -0.39 is 42.6 Å². The summed E-state index contributed by atoms with van der Waals surface area (Å²) in [5, 5.41) is 32.6. The van der Waals surface area contributed by atoms with E-state index in [9.17, 15) is 24.9 Å². The molecule has 2 aromatic heterocycles. The van der Waals surface area contributed by atoms with Crippen molar-refractivity contribution in [2.24, 2.45) is 11.5 Å². The van der Waals surface area contributed by atoms with Crippen LogP contribution in [0, 0.1) is 22.7 Å². The van der Waals surface area contributed by atoms with Crippen LogP contribution >= 0.6 is 11.6 Å². The Morgan fingerprint density at radius 2 is 2.05 bits per heavy atom. The van der Waals surface area contributed by atoms with Crippen molar-refractivity contribution < 1.29 is 23.9 Å². The van der Waals surface area contributed by atoms with Gasteiger partial charge >= 0.3 is 12.1 Å². The maximum atomic E-state index is 12.7. The number of nitrogens with zero attached hydrogens (tertiary/aromatic N) is 7. The number of hydrogen-bond acceptors (Lipinski definition) is 14. The zero-order valence-corrected chi connectivity index (χ0v) is 24.5. The second-order valence-electron chi connectivity index (χ2n) is 9.63. The smallest absolute Gasteiger partial charge is 0.407 e. The van der Waals surface area contributed by atoms with Crippen molar-refractivity contribution in [2.45, 2.75) is 38.0 Å². The number of piperidine rings is 1. The zero-order chi connectivity index (χ0) is 32.0. The van der Waals surface area contributed by atoms with Crippen LogP contribution in [0.2, 0.25) is 5.02 Å². The Morgan fingerprint density at radius 1 is 1.27 bits per heavy atom. The molecule has 1 aliphatic heterocycles. The van der Waals surface area contributed by atoms with Gasteiger partial charge in [-0.25, -0.2) is 9.78 Å². The number of anilines is 4. The molecule has 18 heteroatoms. The minimum Gasteiger partial charge on any atom is -0.457 e. The van der Waals surface area contributed by atoms with Crippen LogP contribution in [0.25, 0.3) is 5.65 Å². The number of nitriles is 2. The maximum absolute atomic E-state index is 12.7. The first-order chi connectivity index (χ1) is 21.1. The van der Waals surface area contributed by atoms with Gasteiger partial charge in [0.05, 0.1) is 60.3 Å². The molecule has 1 unspecified atom stereocenters. The SMILES string of the molecule is CCNc1nc(Nc2cc(C#N)cc(N3CC[C@@H](NC(=O)OC)[C@H](OC(=O)C(N)CC(N)=O)C3)c2Cl)nn2c(C#N)cnc12. The first-order valence-electron chi connectivity index (χ1n) is 13.3. The molecule has 0 saturated carbocycles. The quantitative estimate of drug-likeness (QED) is 0.195. The van der Waals surface area contributed by atoms with Gasteiger partial charge in [0.2, 0.25) is 11.9 Å². The fourth-order valence-electron chi connectivity index (χ4n) is 4.58. The fraction of sp³-hybridized carbons (Fsp3) is 0.385. The van der Waals surface area contributed by atoms with Crippen molar-refractivity contribution in [1.29, 1.82) is 10.5 Å². The third-order valence-corrected chi connectivity index (χ3v) is 7.03. The number of methoxy groups -OCH3 is 1. The number of fused-ring (bicyclic) bond motifs is 1. The molecule has 17 nitrogen and oxygen atoms in total. The van der Waals surface area contributed by atoms with Crippen LogP contribution in [-0.2, 0) is 19.1 Å². The lowest BCUT2D eigenvalue weighted by Gasteiger charge is -2.40. The molecule has 44 heavy (non-hydrogen) atoms. The number of halogens is 1. The number of rotatable bonds is 10. The molecule has 0 bridgehead atoms. The summed E-state index contributed by atoms with van der Waals surface area (Å²) in [6.07, 6.45) is -0.427. The Kier molecular flexibility index (Phi) is 9.84. The Balaban J connectivity index is 1.67. The highest BCUT2D eigenvalue weighted by Gasteiger charge is 2.36. The first kappa shape index (κ1) is 31.5. The molecule has 0 radical (unpaired) electrons. The Morgan fingerprint density at radius 3 is 2.70 bits per heavy atom. The lowest BCUT2D eigenvalue weighted by atomic mass is 10.00. The van der Waals surface area contributed by atoms with Crippen LogP contribution in [0.5, 0.6) is 0 Å². The van der Waals surface area contributed by atoms with E-state index >= 15 is 0 Å². The fourth-order valence-corrected chi connectivity index (χ4v) is 4.85. The van der Waals surface area contributed by atoms with Crippen LogP contribution in [0.4, 0.5) is 27.9 Å². The van der Waals surface area contributed by atoms with Crippen molar-refractivity contribution in [3.8, 4) is 12.1 Å². The highest BCUT2D eigenvalue weighted by molar-refractivity contribution is 6.36. The van der Waals surface area contributed by atoms with E-state index in [2.05, 4.69) is 37.1 Å². The predicted molar refractivity (Wildman–Crippen MR) is 157 cm³/mol. The number of nitrogens with two attached hydrogens (primary N) is 2. The molecule has 3 heterocycles. The summed E-state index contributed by atoms with van der Waals surface area (Å²) in [6.45, 7) is 2.76. The number of nitrogens with one attached hydrogen (secondary N) is 3. The maximum Gasteiger partial charge on any atom is 0.407 e. The first-order valence-corrected chi connectivity index (χ1v) is 13.7. The van der Waals surface area contributed by atoms with Gasteiger partial charge in [0.25, 0.3) is 0 Å². The molecule has 1 fully saturated rings. The minimum absolute atomic E-state index is 0.0331. The number of carbonyl (C=O) groups excluding carboxylic acids is 3. The van der Waals surface area contributed by atoms with Crippen LogP contribution < -0.4 is 32.3 Å². The number of esters is 1. The number of imidazole rings is 1. The van der Waals surface area contributed by atoms with E-state index in [1.165, 1.54) is 23.9 Å². The van der Waals surface area contributed by atoms with Gasteiger partial charge in [0, 0.05) is 13.1 Å². The standard InChI is InChI=1S/C26H29ClN12O5/c1-3-32-22-23-33-11-14(10-29)39(23)37-25(36-22)34-17-6-13(9-28)7-18(21(17)27)38-5-4-16(35-26(42)43-2)19(12-38)44-24(41)15(30)8-20(31)40/h6-7,11,15-16,19H,3-5,8,12,30H2,1-2H3,(H2,31,40)(H,35,42)(H2,32,34,36,37)/t15?,16-,19-/m1/s1. The summed E-state index contributed by atoms with van der Waals surface area (Å²) < 4.78 is 11.6. The monoisotopic (exact) mass is 624 g/mol. The summed E-state index contributed by atoms with van der Waals surface area (Å²) >= 11 is 6.86. The molecule has 2 amide bonds. The lowest BCUT2D eigenvalue weighted by Crippen LogP contribution is -2.56. The van der Waals surface area contributed by atoms with Gasteiger partial charge in [-0.05, 0) is 25.5 Å². The van der Waals surface area contributed by atoms with Crippen molar-refractivity contribution in [1.82, 2.24) is 24.9 Å². The molecule has 1 saturated heterocycles. The van der Waals surface area contributed by atoms with Crippen molar-refractivity contribution in [2.75, 3.05) is 42.3 Å². The van der Waals surface area contributed by atoms with E-state index in [4.69, 9.17) is 32.5 Å². The highest BCUT2D eigenvalue weighted by atomic mass is 35.5. The van der Waals surface area contributed by atoms with Gasteiger partial charge in [0.1, 0.15) is 18.2 Å². The summed E-state index contributed by atoms with van der Waals surface area (Å²) in [5.41, 5.74) is 12.4. The molecule has 3 aromatic rings. The molecular weight excluding hydrogens is 596 g/mol. The lowest BCUT2D eigenvalue weighted by molar-refractivity contribution is -0.153. The number of primary amides is 1. The molecular formula is C26H29ClN12O5. The zero-order valence-electron chi connectivity index (χ0n) is 23.7. The third-order valence-electron chi connectivity index (χ3n) is 6.63. The summed E-state index contributed by atoms with van der Waals surface area (Å²) in [7, 11) is 1.20. The molecule has 0 aliphatic carbocycles. The number of alkyl carbamates (subject to hydrolysis) is 1. The van der Waals surface area contributed by atoms with Gasteiger partial charge in [-0.2, -0.15) is 20.0 Å². The molecule has 7 N–H and O–H groups in total. The predicted octanol–water partition coefficient (Wildman–Crippen LogP) is 0.746. The van der Waals surface area contributed by atoms with Gasteiger partial charge in [-0.3, -0.25) is 9.59 Å². The second-order valence-corrected chi connectivity index (χ2v) is 10.0. The number of aromatic nitrogens is 4. The highest BCUT2D eigenvalue weighted by Crippen LogP contribution is 2.37. The minimum atomic E-state index is -1.30. The number of hydrogen-bond donors (Lipinski definition) is 5. The Labute approximate surface area is 256 Å². The van der Waals surface area contributed by atoms with Crippen LogP contribution in [0.15, 0.2) is 18.3 Å². The van der Waals surface area contributed by atoms with E-state index in [0.717, 1.165) is 0 Å². The Hall–Kier alpha value is -5.39. The van der Waals surface area contributed by atoms with Crippen LogP contribution in [0.1, 0.15) is 31.0 Å². The van der Waals surface area contributed by atoms with Gasteiger partial charge in [-0.1, -0.05) is 11.6 Å². The molecule has 3 atom stereocenters. The van der Waals surface area contributed by atoms with E-state index in [1.807, 2.05) is 13.0 Å². The largest absolute Gasteiger partial charge is 0.457 e. The van der Waals surface area contributed by atoms with Crippen molar-refractivity contribution in [3.05, 3.63) is 34.6 Å². The normalized spacial score (nSPS) is 16.7. The summed E-state index contributed by atoms with van der Waals surface area (Å²) in [6, 6.07) is 5.24. The van der Waals surface area contributed by atoms with Crippen molar-refractivity contribution >= 4 is 58.4 Å². The molecule has 1 aromatic carbocycles. The molecule has 4 rings (SSSR count). The van der Waals surface area contributed by atoms with E-state index in [0.29, 0.717) is 30.2 Å². The Bertz CT molecular complexity index is 1670. The van der Waals surface area contributed by atoms with Gasteiger partial charge in [0.15, 0.2) is 17.2 Å². The number of amides is 2. The van der Waals surface area contributed by atoms with E-state index in [1.54, 1.807) is 11.0 Å². The van der Waals surface area contributed by atoms with Crippen LogP contribution in [0.3, 0.4) is 0 Å². The molecule has 230 valence electrons. The molecule has 0 spiro atoms. The summed E-state index contributed by atoms with van der Waals surface area (Å²) in [4.78, 5) is 46.4. The van der Waals surface area contributed by atoms with E-state index in [-0.39, 0.29) is 40.9 Å². The average Bonchev–Trinajstić information content (AvgIpc) is 3.42. The van der Waals surface area contributed by atoms with Crippen molar-refractivity contribution in [3.63, 3.8) is 0 Å². The summed E-state index contributed by atoms with van der Waals surface area (Å²) in [5.74, 6) is -1.21.